The molecule has 0 saturated heterocycles. The molecule has 0 aromatic heterocycles. The largest absolute Gasteiger partial charge is 0.454 e. The molecule has 2 N–H and O–H groups in total. The third-order valence-corrected chi connectivity index (χ3v) is 3.32. The van der Waals surface area contributed by atoms with E-state index in [-0.39, 0.29) is 5.75 Å². The Labute approximate surface area is 128 Å². The maximum Gasteiger partial charge on any atom is 0.201 e. The summed E-state index contributed by atoms with van der Waals surface area (Å²) in [5.74, 6) is -1.89. The van der Waals surface area contributed by atoms with Crippen LogP contribution in [0.2, 0.25) is 5.02 Å². The summed E-state index contributed by atoms with van der Waals surface area (Å²) in [7, 11) is 0. The highest BCUT2D eigenvalue weighted by atomic mass is 79.9. The van der Waals surface area contributed by atoms with Crippen molar-refractivity contribution in [2.75, 3.05) is 6.54 Å². The predicted octanol–water partition coefficient (Wildman–Crippen LogP) is 4.67. The van der Waals surface area contributed by atoms with Gasteiger partial charge in [0, 0.05) is 9.50 Å². The normalized spacial score (nSPS) is 10.7. The van der Waals surface area contributed by atoms with Gasteiger partial charge >= 0.3 is 0 Å². The van der Waals surface area contributed by atoms with Gasteiger partial charge in [-0.3, -0.25) is 0 Å². The van der Waals surface area contributed by atoms with Gasteiger partial charge in [-0.25, -0.2) is 4.39 Å². The van der Waals surface area contributed by atoms with Crippen molar-refractivity contribution in [3.63, 3.8) is 0 Å². The zero-order valence-electron chi connectivity index (χ0n) is 10.3. The monoisotopic (exact) mass is 361 g/mol. The van der Waals surface area contributed by atoms with Crippen LogP contribution in [0.15, 0.2) is 34.8 Å². The molecular weight excluding hydrogens is 352 g/mol. The van der Waals surface area contributed by atoms with Crippen molar-refractivity contribution < 1.29 is 13.5 Å². The summed E-state index contributed by atoms with van der Waals surface area (Å²) >= 11 is 8.99. The molecule has 2 rings (SSSR count). The summed E-state index contributed by atoms with van der Waals surface area (Å²) in [6, 6.07) is 7.37. The Hall–Kier alpha value is -1.17. The Morgan fingerprint density at radius 3 is 2.60 bits per heavy atom. The van der Waals surface area contributed by atoms with E-state index in [0.717, 1.165) is 11.6 Å². The topological polar surface area (TPSA) is 35.2 Å². The Morgan fingerprint density at radius 1 is 1.15 bits per heavy atom. The van der Waals surface area contributed by atoms with E-state index in [4.69, 9.17) is 22.1 Å². The van der Waals surface area contributed by atoms with Gasteiger partial charge < -0.3 is 10.5 Å². The van der Waals surface area contributed by atoms with E-state index in [1.807, 2.05) is 0 Å². The summed E-state index contributed by atoms with van der Waals surface area (Å²) in [5, 5.41) is 0.441. The minimum absolute atomic E-state index is 0.211. The molecule has 0 amide bonds. The van der Waals surface area contributed by atoms with Gasteiger partial charge in [-0.15, -0.1) is 0 Å². The third-order valence-electron chi connectivity index (χ3n) is 2.62. The van der Waals surface area contributed by atoms with Crippen molar-refractivity contribution in [1.29, 1.82) is 0 Å². The molecule has 0 fully saturated rings. The summed E-state index contributed by atoms with van der Waals surface area (Å²) in [4.78, 5) is 0. The van der Waals surface area contributed by atoms with Crippen molar-refractivity contribution in [2.24, 2.45) is 5.73 Å². The van der Waals surface area contributed by atoms with E-state index < -0.39 is 11.6 Å². The van der Waals surface area contributed by atoms with Gasteiger partial charge in [0.25, 0.3) is 0 Å². The van der Waals surface area contributed by atoms with Crippen LogP contribution in [-0.4, -0.2) is 6.54 Å². The highest BCUT2D eigenvalue weighted by Gasteiger charge is 2.14. The van der Waals surface area contributed by atoms with Crippen LogP contribution in [0.1, 0.15) is 5.56 Å². The standard InChI is InChI=1S/C14H11BrClF2NO/c15-9-5-11(17)14(18)13(6-9)20-12-7-10(16)2-1-8(12)3-4-19/h1-2,5-7H,3-4,19H2. The van der Waals surface area contributed by atoms with Crippen LogP contribution in [0.3, 0.4) is 0 Å². The first-order chi connectivity index (χ1) is 9.51. The van der Waals surface area contributed by atoms with Crippen LogP contribution in [0.5, 0.6) is 11.5 Å². The fraction of sp³-hybridized carbons (Fsp3) is 0.143. The van der Waals surface area contributed by atoms with Gasteiger partial charge in [-0.05, 0) is 42.8 Å². The molecule has 2 aromatic rings. The lowest BCUT2D eigenvalue weighted by molar-refractivity contribution is 0.412. The van der Waals surface area contributed by atoms with Crippen molar-refractivity contribution in [2.45, 2.75) is 6.42 Å². The predicted molar refractivity (Wildman–Crippen MR) is 78.3 cm³/mol. The number of rotatable bonds is 4. The molecule has 0 aliphatic carbocycles. The molecule has 0 heterocycles. The second-order valence-electron chi connectivity index (χ2n) is 4.09. The number of benzene rings is 2. The zero-order chi connectivity index (χ0) is 14.7. The number of ether oxygens (including phenoxy) is 1. The van der Waals surface area contributed by atoms with Crippen LogP contribution < -0.4 is 10.5 Å². The van der Waals surface area contributed by atoms with Gasteiger partial charge in [0.2, 0.25) is 5.82 Å². The number of nitrogens with two attached hydrogens (primary N) is 1. The van der Waals surface area contributed by atoms with Crippen molar-refractivity contribution in [3.05, 3.63) is 57.0 Å². The molecule has 0 bridgehead atoms. The molecule has 0 spiro atoms. The lowest BCUT2D eigenvalue weighted by atomic mass is 10.1. The SMILES string of the molecule is NCCc1ccc(Cl)cc1Oc1cc(Br)cc(F)c1F. The average molecular weight is 363 g/mol. The fourth-order valence-corrected chi connectivity index (χ4v) is 2.28. The van der Waals surface area contributed by atoms with Gasteiger partial charge in [0.1, 0.15) is 5.75 Å². The lowest BCUT2D eigenvalue weighted by Gasteiger charge is -2.12. The van der Waals surface area contributed by atoms with E-state index in [2.05, 4.69) is 15.9 Å². The first-order valence-electron chi connectivity index (χ1n) is 5.82. The Morgan fingerprint density at radius 2 is 1.90 bits per heavy atom. The third kappa shape index (κ3) is 3.48. The van der Waals surface area contributed by atoms with E-state index in [9.17, 15) is 8.78 Å². The van der Waals surface area contributed by atoms with Gasteiger partial charge in [0.05, 0.1) is 0 Å². The van der Waals surface area contributed by atoms with Gasteiger partial charge in [-0.2, -0.15) is 4.39 Å². The molecule has 0 aliphatic rings. The number of hydrogen-bond acceptors (Lipinski definition) is 2. The number of halogens is 4. The summed E-state index contributed by atoms with van der Waals surface area (Å²) in [5.41, 5.74) is 6.28. The first-order valence-corrected chi connectivity index (χ1v) is 6.99. The second-order valence-corrected chi connectivity index (χ2v) is 5.44. The lowest BCUT2D eigenvalue weighted by Crippen LogP contribution is -2.04. The minimum Gasteiger partial charge on any atom is -0.454 e. The Kier molecular flexibility index (Phi) is 4.96. The smallest absolute Gasteiger partial charge is 0.201 e. The molecule has 0 saturated carbocycles. The molecule has 20 heavy (non-hydrogen) atoms. The highest BCUT2D eigenvalue weighted by molar-refractivity contribution is 9.10. The van der Waals surface area contributed by atoms with Crippen LogP contribution >= 0.6 is 27.5 Å². The van der Waals surface area contributed by atoms with E-state index >= 15 is 0 Å². The average Bonchev–Trinajstić information content (AvgIpc) is 2.38. The van der Waals surface area contributed by atoms with E-state index in [0.29, 0.717) is 28.2 Å². The summed E-state index contributed by atoms with van der Waals surface area (Å²) in [6.07, 6.45) is 0.546. The van der Waals surface area contributed by atoms with Crippen LogP contribution in [-0.2, 0) is 6.42 Å². The molecule has 6 heteroatoms. The molecule has 2 nitrogen and oxygen atoms in total. The van der Waals surface area contributed by atoms with Crippen molar-refractivity contribution in [1.82, 2.24) is 0 Å². The molecule has 106 valence electrons. The van der Waals surface area contributed by atoms with Crippen LogP contribution in [0, 0.1) is 11.6 Å². The zero-order valence-corrected chi connectivity index (χ0v) is 12.6. The van der Waals surface area contributed by atoms with E-state index in [1.165, 1.54) is 6.07 Å². The molecular formula is C14H11BrClF2NO. The summed E-state index contributed by atoms with van der Waals surface area (Å²) in [6.45, 7) is 0.410. The first kappa shape index (κ1) is 15.2. The molecule has 0 aliphatic heterocycles. The van der Waals surface area contributed by atoms with Crippen LogP contribution in [0.4, 0.5) is 8.78 Å². The fourth-order valence-electron chi connectivity index (χ4n) is 1.71. The summed E-state index contributed by atoms with van der Waals surface area (Å²) < 4.78 is 32.9. The van der Waals surface area contributed by atoms with Crippen molar-refractivity contribution in [3.8, 4) is 11.5 Å². The maximum absolute atomic E-state index is 13.7. The second kappa shape index (κ2) is 6.52. The molecule has 2 aromatic carbocycles. The minimum atomic E-state index is -1.05. The Balaban J connectivity index is 2.41. The van der Waals surface area contributed by atoms with Crippen LogP contribution in [0.25, 0.3) is 0 Å². The van der Waals surface area contributed by atoms with Gasteiger partial charge in [-0.1, -0.05) is 33.6 Å². The van der Waals surface area contributed by atoms with Gasteiger partial charge in [0.15, 0.2) is 11.6 Å². The molecule has 0 radical (unpaired) electrons. The number of hydrogen-bond donors (Lipinski definition) is 1. The quantitative estimate of drug-likeness (QED) is 0.802. The molecule has 0 unspecified atom stereocenters. The van der Waals surface area contributed by atoms with Crippen molar-refractivity contribution >= 4 is 27.5 Å². The maximum atomic E-state index is 13.7. The van der Waals surface area contributed by atoms with E-state index in [1.54, 1.807) is 18.2 Å². The highest BCUT2D eigenvalue weighted by Crippen LogP contribution is 2.33. The molecule has 0 atom stereocenters. The Bertz CT molecular complexity index is 637.